The minimum atomic E-state index is -0.311. The minimum absolute atomic E-state index is 0.0610. The van der Waals surface area contributed by atoms with Crippen LogP contribution in [0.15, 0.2) is 59.8 Å². The molecular formula is C20H22N4OS. The number of amides is 1. The third-order valence-electron chi connectivity index (χ3n) is 4.00. The van der Waals surface area contributed by atoms with Crippen LogP contribution in [0, 0.1) is 0 Å². The van der Waals surface area contributed by atoms with Gasteiger partial charge in [-0.3, -0.25) is 9.89 Å². The molecule has 0 saturated carbocycles. The number of H-pyrrole nitrogens is 1. The lowest BCUT2D eigenvalue weighted by Crippen LogP contribution is -2.23. The Kier molecular flexibility index (Phi) is 5.73. The number of nitrogens with zero attached hydrogens (tertiary/aromatic N) is 2. The van der Waals surface area contributed by atoms with E-state index in [0.29, 0.717) is 16.9 Å². The Morgan fingerprint density at radius 1 is 1.04 bits per heavy atom. The molecule has 1 aromatic heterocycles. The highest BCUT2D eigenvalue weighted by Gasteiger charge is 2.19. The van der Waals surface area contributed by atoms with Crippen molar-refractivity contribution >= 4 is 23.4 Å². The van der Waals surface area contributed by atoms with Crippen LogP contribution in [0.2, 0.25) is 0 Å². The minimum Gasteiger partial charge on any atom is -0.325 e. The summed E-state index contributed by atoms with van der Waals surface area (Å²) < 4.78 is 0. The fourth-order valence-electron chi connectivity index (χ4n) is 2.58. The molecule has 0 aliphatic heterocycles. The smallest absolute Gasteiger partial charge is 0.237 e. The van der Waals surface area contributed by atoms with Crippen LogP contribution in [-0.2, 0) is 4.79 Å². The first kappa shape index (κ1) is 18.2. The lowest BCUT2D eigenvalue weighted by atomic mass is 10.0. The van der Waals surface area contributed by atoms with Gasteiger partial charge in [0, 0.05) is 11.3 Å². The summed E-state index contributed by atoms with van der Waals surface area (Å²) in [5.74, 6) is 0.982. The van der Waals surface area contributed by atoms with E-state index in [2.05, 4.69) is 34.3 Å². The summed E-state index contributed by atoms with van der Waals surface area (Å²) >= 11 is 1.34. The number of hydrogen-bond donors (Lipinski definition) is 2. The molecule has 2 N–H and O–H groups in total. The first-order valence-electron chi connectivity index (χ1n) is 8.59. The average molecular weight is 366 g/mol. The SMILES string of the molecule is CC(C)c1ccccc1NC(=O)[C@H](C)Sc1n[nH]c(-c2ccccc2)n1. The molecule has 3 aromatic rings. The molecule has 134 valence electrons. The van der Waals surface area contributed by atoms with Crippen molar-refractivity contribution in [2.24, 2.45) is 0 Å². The molecule has 1 amide bonds. The number of aromatic amines is 1. The van der Waals surface area contributed by atoms with Gasteiger partial charge in [0.15, 0.2) is 5.82 Å². The van der Waals surface area contributed by atoms with E-state index in [-0.39, 0.29) is 11.2 Å². The van der Waals surface area contributed by atoms with Crippen molar-refractivity contribution in [3.63, 3.8) is 0 Å². The Hall–Kier alpha value is -2.60. The Morgan fingerprint density at radius 2 is 1.73 bits per heavy atom. The third-order valence-corrected chi connectivity index (χ3v) is 4.97. The monoisotopic (exact) mass is 366 g/mol. The number of benzene rings is 2. The van der Waals surface area contributed by atoms with Crippen molar-refractivity contribution < 1.29 is 4.79 Å². The van der Waals surface area contributed by atoms with Gasteiger partial charge in [-0.15, -0.1) is 5.10 Å². The second kappa shape index (κ2) is 8.19. The summed E-state index contributed by atoms with van der Waals surface area (Å²) in [6, 6.07) is 17.7. The van der Waals surface area contributed by atoms with Crippen molar-refractivity contribution in [1.29, 1.82) is 0 Å². The van der Waals surface area contributed by atoms with Gasteiger partial charge in [0.25, 0.3) is 0 Å². The summed E-state index contributed by atoms with van der Waals surface area (Å²) in [6.45, 7) is 6.08. The lowest BCUT2D eigenvalue weighted by Gasteiger charge is -2.15. The highest BCUT2D eigenvalue weighted by atomic mass is 32.2. The summed E-state index contributed by atoms with van der Waals surface area (Å²) in [4.78, 5) is 17.0. The molecule has 0 fully saturated rings. The second-order valence-corrected chi connectivity index (χ2v) is 7.63. The van der Waals surface area contributed by atoms with Gasteiger partial charge >= 0.3 is 0 Å². The van der Waals surface area contributed by atoms with E-state index in [4.69, 9.17) is 0 Å². The molecule has 0 spiro atoms. The zero-order valence-corrected chi connectivity index (χ0v) is 15.9. The van der Waals surface area contributed by atoms with E-state index in [1.54, 1.807) is 0 Å². The fraction of sp³-hybridized carbons (Fsp3) is 0.250. The molecule has 1 heterocycles. The molecule has 0 aliphatic carbocycles. The van der Waals surface area contributed by atoms with Gasteiger partial charge in [0.2, 0.25) is 11.1 Å². The molecule has 1 atom stereocenters. The van der Waals surface area contributed by atoms with Crippen molar-refractivity contribution in [1.82, 2.24) is 15.2 Å². The van der Waals surface area contributed by atoms with Crippen LogP contribution in [0.25, 0.3) is 11.4 Å². The van der Waals surface area contributed by atoms with Gasteiger partial charge in [-0.1, -0.05) is 74.1 Å². The van der Waals surface area contributed by atoms with Crippen molar-refractivity contribution in [3.8, 4) is 11.4 Å². The van der Waals surface area contributed by atoms with E-state index in [1.807, 2.05) is 61.5 Å². The van der Waals surface area contributed by atoms with Gasteiger partial charge < -0.3 is 5.32 Å². The second-order valence-electron chi connectivity index (χ2n) is 6.32. The number of thioether (sulfide) groups is 1. The highest BCUT2D eigenvalue weighted by molar-refractivity contribution is 8.00. The van der Waals surface area contributed by atoms with Crippen LogP contribution in [-0.4, -0.2) is 26.3 Å². The van der Waals surface area contributed by atoms with Crippen LogP contribution >= 0.6 is 11.8 Å². The standard InChI is InChI=1S/C20H22N4OS/c1-13(2)16-11-7-8-12-17(16)21-19(25)14(3)26-20-22-18(23-24-20)15-9-5-4-6-10-15/h4-14H,1-3H3,(H,21,25)(H,22,23,24)/t14-/m0/s1. The van der Waals surface area contributed by atoms with Gasteiger partial charge in [0.05, 0.1) is 5.25 Å². The zero-order chi connectivity index (χ0) is 18.5. The molecule has 26 heavy (non-hydrogen) atoms. The number of aromatic nitrogens is 3. The maximum Gasteiger partial charge on any atom is 0.237 e. The maximum atomic E-state index is 12.6. The summed E-state index contributed by atoms with van der Waals surface area (Å²) in [5, 5.41) is 10.4. The number of hydrogen-bond acceptors (Lipinski definition) is 4. The van der Waals surface area contributed by atoms with E-state index in [1.165, 1.54) is 11.8 Å². The van der Waals surface area contributed by atoms with Gasteiger partial charge in [-0.2, -0.15) is 0 Å². The summed E-state index contributed by atoms with van der Waals surface area (Å²) in [7, 11) is 0. The average Bonchev–Trinajstić information content (AvgIpc) is 3.11. The zero-order valence-electron chi connectivity index (χ0n) is 15.1. The van der Waals surface area contributed by atoms with E-state index in [0.717, 1.165) is 16.8 Å². The van der Waals surface area contributed by atoms with Crippen LogP contribution in [0.1, 0.15) is 32.3 Å². The predicted octanol–water partition coefficient (Wildman–Crippen LogP) is 4.71. The van der Waals surface area contributed by atoms with Crippen molar-refractivity contribution in [2.45, 2.75) is 37.1 Å². The molecule has 0 aliphatic rings. The van der Waals surface area contributed by atoms with E-state index >= 15 is 0 Å². The highest BCUT2D eigenvalue weighted by Crippen LogP contribution is 2.26. The summed E-state index contributed by atoms with van der Waals surface area (Å²) in [6.07, 6.45) is 0. The van der Waals surface area contributed by atoms with Crippen molar-refractivity contribution in [2.75, 3.05) is 5.32 Å². The van der Waals surface area contributed by atoms with Gasteiger partial charge in [0.1, 0.15) is 0 Å². The number of nitrogens with one attached hydrogen (secondary N) is 2. The predicted molar refractivity (Wildman–Crippen MR) is 106 cm³/mol. The van der Waals surface area contributed by atoms with Crippen molar-refractivity contribution in [3.05, 3.63) is 60.2 Å². The Labute approximate surface area is 157 Å². The van der Waals surface area contributed by atoms with Crippen LogP contribution in [0.5, 0.6) is 0 Å². The largest absolute Gasteiger partial charge is 0.325 e. The molecular weight excluding hydrogens is 344 g/mol. The van der Waals surface area contributed by atoms with E-state index in [9.17, 15) is 4.79 Å². The first-order chi connectivity index (χ1) is 12.5. The van der Waals surface area contributed by atoms with E-state index < -0.39 is 0 Å². The number of anilines is 1. The summed E-state index contributed by atoms with van der Waals surface area (Å²) in [5.41, 5.74) is 2.96. The Balaban J connectivity index is 1.66. The molecule has 6 heteroatoms. The third kappa shape index (κ3) is 4.32. The van der Waals surface area contributed by atoms with Crippen LogP contribution in [0.3, 0.4) is 0 Å². The number of carbonyl (C=O) groups excluding carboxylic acids is 1. The quantitative estimate of drug-likeness (QED) is 0.620. The molecule has 0 bridgehead atoms. The van der Waals surface area contributed by atoms with Gasteiger partial charge in [-0.25, -0.2) is 4.98 Å². The van der Waals surface area contributed by atoms with Gasteiger partial charge in [-0.05, 0) is 24.5 Å². The van der Waals surface area contributed by atoms with Crippen LogP contribution in [0.4, 0.5) is 5.69 Å². The number of para-hydroxylation sites is 1. The molecule has 3 rings (SSSR count). The first-order valence-corrected chi connectivity index (χ1v) is 9.47. The normalized spacial score (nSPS) is 12.2. The number of rotatable bonds is 6. The topological polar surface area (TPSA) is 70.7 Å². The fourth-order valence-corrected chi connectivity index (χ4v) is 3.31. The number of carbonyl (C=O) groups is 1. The lowest BCUT2D eigenvalue weighted by molar-refractivity contribution is -0.115. The molecule has 0 radical (unpaired) electrons. The molecule has 0 saturated heterocycles. The Bertz CT molecular complexity index is 876. The molecule has 2 aromatic carbocycles. The molecule has 0 unspecified atom stereocenters. The Morgan fingerprint density at radius 3 is 2.46 bits per heavy atom. The maximum absolute atomic E-state index is 12.6. The molecule has 5 nitrogen and oxygen atoms in total. The van der Waals surface area contributed by atoms with Crippen LogP contribution < -0.4 is 5.32 Å².